The molecule has 0 spiro atoms. The van der Waals surface area contributed by atoms with Gasteiger partial charge in [-0.1, -0.05) is 6.08 Å². The lowest BCUT2D eigenvalue weighted by Crippen LogP contribution is -2.43. The molecule has 0 bridgehead atoms. The number of ether oxygens (including phenoxy) is 1. The first-order chi connectivity index (χ1) is 8.61. The van der Waals surface area contributed by atoms with Gasteiger partial charge < -0.3 is 20.9 Å². The van der Waals surface area contributed by atoms with Crippen molar-refractivity contribution in [2.75, 3.05) is 0 Å². The molecule has 0 aliphatic carbocycles. The monoisotopic (exact) mass is 272 g/mol. The normalized spacial score (nSPS) is 13.0. The molecule has 4 N–H and O–H groups in total. The van der Waals surface area contributed by atoms with E-state index in [2.05, 4.69) is 5.32 Å². The first-order valence-corrected chi connectivity index (χ1v) is 5.80. The second-order valence-corrected chi connectivity index (χ2v) is 4.92. The zero-order chi connectivity index (χ0) is 15.1. The maximum absolute atomic E-state index is 11.4. The number of nitrogens with two attached hydrogens (primary N) is 1. The molecule has 0 aromatic rings. The Bertz CT molecular complexity index is 371. The van der Waals surface area contributed by atoms with E-state index in [-0.39, 0.29) is 6.42 Å². The zero-order valence-electron chi connectivity index (χ0n) is 11.3. The van der Waals surface area contributed by atoms with Crippen LogP contribution in [0.25, 0.3) is 0 Å². The molecule has 0 saturated carbocycles. The van der Waals surface area contributed by atoms with Crippen LogP contribution in [0.1, 0.15) is 33.6 Å². The molecule has 2 amide bonds. The number of hydrogen-bond acceptors (Lipinski definition) is 4. The van der Waals surface area contributed by atoms with Crippen molar-refractivity contribution in [3.05, 3.63) is 12.2 Å². The molecule has 0 fully saturated rings. The molecule has 0 unspecified atom stereocenters. The van der Waals surface area contributed by atoms with Crippen molar-refractivity contribution in [1.82, 2.24) is 5.32 Å². The quantitative estimate of drug-likeness (QED) is 0.617. The first-order valence-electron chi connectivity index (χ1n) is 5.80. The van der Waals surface area contributed by atoms with E-state index in [4.69, 9.17) is 15.6 Å². The van der Waals surface area contributed by atoms with E-state index in [1.807, 2.05) is 0 Å². The number of alkyl carbamates (subject to hydrolysis) is 1. The summed E-state index contributed by atoms with van der Waals surface area (Å²) < 4.78 is 4.96. The van der Waals surface area contributed by atoms with Crippen molar-refractivity contribution in [2.24, 2.45) is 5.73 Å². The van der Waals surface area contributed by atoms with E-state index in [1.165, 1.54) is 6.08 Å². The Balaban J connectivity index is 4.31. The van der Waals surface area contributed by atoms with E-state index in [0.29, 0.717) is 6.42 Å². The topological polar surface area (TPSA) is 119 Å². The third-order valence-corrected chi connectivity index (χ3v) is 1.89. The van der Waals surface area contributed by atoms with Gasteiger partial charge in [0.1, 0.15) is 11.6 Å². The van der Waals surface area contributed by atoms with Crippen LogP contribution in [-0.2, 0) is 14.3 Å². The lowest BCUT2D eigenvalue weighted by atomic mass is 10.1. The van der Waals surface area contributed by atoms with Crippen LogP contribution in [0.5, 0.6) is 0 Å². The Kier molecular flexibility index (Phi) is 6.60. The van der Waals surface area contributed by atoms with Crippen LogP contribution in [0.15, 0.2) is 12.2 Å². The average molecular weight is 272 g/mol. The minimum Gasteiger partial charge on any atom is -0.480 e. The second kappa shape index (κ2) is 7.40. The van der Waals surface area contributed by atoms with Crippen molar-refractivity contribution in [3.8, 4) is 0 Å². The fourth-order valence-corrected chi connectivity index (χ4v) is 1.17. The number of carbonyl (C=O) groups excluding carboxylic acids is 2. The predicted molar refractivity (Wildman–Crippen MR) is 68.4 cm³/mol. The van der Waals surface area contributed by atoms with E-state index >= 15 is 0 Å². The van der Waals surface area contributed by atoms with Gasteiger partial charge in [-0.05, 0) is 39.7 Å². The van der Waals surface area contributed by atoms with Crippen molar-refractivity contribution in [2.45, 2.75) is 45.3 Å². The number of aliphatic carboxylic acids is 1. The molecule has 0 radical (unpaired) electrons. The van der Waals surface area contributed by atoms with Crippen molar-refractivity contribution >= 4 is 18.0 Å². The van der Waals surface area contributed by atoms with Crippen LogP contribution >= 0.6 is 0 Å². The Morgan fingerprint density at radius 3 is 2.37 bits per heavy atom. The summed E-state index contributed by atoms with van der Waals surface area (Å²) in [4.78, 5) is 32.8. The Morgan fingerprint density at radius 2 is 1.95 bits per heavy atom. The minimum absolute atomic E-state index is 0.137. The van der Waals surface area contributed by atoms with Crippen LogP contribution in [-0.4, -0.2) is 34.7 Å². The average Bonchev–Trinajstić information content (AvgIpc) is 2.19. The molecular formula is C12H20N2O5. The Hall–Kier alpha value is -2.05. The number of rotatable bonds is 6. The van der Waals surface area contributed by atoms with Gasteiger partial charge in [-0.25, -0.2) is 9.59 Å². The summed E-state index contributed by atoms with van der Waals surface area (Å²) in [5.74, 6) is -1.77. The number of hydrogen-bond donors (Lipinski definition) is 3. The summed E-state index contributed by atoms with van der Waals surface area (Å²) in [7, 11) is 0. The lowest BCUT2D eigenvalue weighted by Gasteiger charge is -2.21. The van der Waals surface area contributed by atoms with E-state index in [0.717, 1.165) is 6.08 Å². The van der Waals surface area contributed by atoms with Gasteiger partial charge in [-0.3, -0.25) is 4.79 Å². The molecule has 0 aliphatic heterocycles. The van der Waals surface area contributed by atoms with Gasteiger partial charge in [-0.15, -0.1) is 0 Å². The summed E-state index contributed by atoms with van der Waals surface area (Å²) >= 11 is 0. The molecule has 108 valence electrons. The maximum atomic E-state index is 11.4. The third kappa shape index (κ3) is 9.63. The van der Waals surface area contributed by atoms with Crippen LogP contribution in [0.4, 0.5) is 4.79 Å². The fraction of sp³-hybridized carbons (Fsp3) is 0.583. The van der Waals surface area contributed by atoms with Gasteiger partial charge in [0.2, 0.25) is 5.91 Å². The number of carboxylic acid groups (broad SMARTS) is 1. The molecule has 0 rings (SSSR count). The van der Waals surface area contributed by atoms with Crippen molar-refractivity contribution in [1.29, 1.82) is 0 Å². The van der Waals surface area contributed by atoms with Crippen LogP contribution in [0.3, 0.4) is 0 Å². The molecule has 0 aromatic heterocycles. The highest BCUT2D eigenvalue weighted by Gasteiger charge is 2.23. The zero-order valence-corrected chi connectivity index (χ0v) is 11.3. The first kappa shape index (κ1) is 16.9. The molecule has 1 atom stereocenters. The Labute approximate surface area is 111 Å². The number of carbonyl (C=O) groups is 3. The second-order valence-electron chi connectivity index (χ2n) is 4.92. The van der Waals surface area contributed by atoms with Crippen LogP contribution < -0.4 is 11.1 Å². The van der Waals surface area contributed by atoms with Gasteiger partial charge in [0.25, 0.3) is 0 Å². The fourth-order valence-electron chi connectivity index (χ4n) is 1.17. The van der Waals surface area contributed by atoms with Gasteiger partial charge in [0.15, 0.2) is 0 Å². The smallest absolute Gasteiger partial charge is 0.408 e. The highest BCUT2D eigenvalue weighted by molar-refractivity contribution is 5.85. The molecule has 0 heterocycles. The highest BCUT2D eigenvalue weighted by Crippen LogP contribution is 2.08. The largest absolute Gasteiger partial charge is 0.480 e. The van der Waals surface area contributed by atoms with Gasteiger partial charge in [0.05, 0.1) is 0 Å². The van der Waals surface area contributed by atoms with E-state index < -0.39 is 29.6 Å². The third-order valence-electron chi connectivity index (χ3n) is 1.89. The summed E-state index contributed by atoms with van der Waals surface area (Å²) in [5.41, 5.74) is 4.19. The van der Waals surface area contributed by atoms with Crippen molar-refractivity contribution < 1.29 is 24.2 Å². The maximum Gasteiger partial charge on any atom is 0.408 e. The lowest BCUT2D eigenvalue weighted by molar-refractivity contribution is -0.139. The number of amides is 2. The SMILES string of the molecule is CC(C)(C)OC(=O)N[C@@H](CC/C=C/C(N)=O)C(=O)O. The number of primary amides is 1. The van der Waals surface area contributed by atoms with Crippen molar-refractivity contribution in [3.63, 3.8) is 0 Å². The van der Waals surface area contributed by atoms with Crippen LogP contribution in [0, 0.1) is 0 Å². The summed E-state index contributed by atoms with van der Waals surface area (Å²) in [6, 6.07) is -1.08. The standard InChI is InChI=1S/C12H20N2O5/c1-12(2,3)19-11(18)14-8(10(16)17)6-4-5-7-9(13)15/h5,7-8H,4,6H2,1-3H3,(H2,13,15)(H,14,18)(H,16,17)/b7-5+/t8-/m0/s1. The minimum atomic E-state index is -1.17. The van der Waals surface area contributed by atoms with Crippen LogP contribution in [0.2, 0.25) is 0 Å². The number of allylic oxidation sites excluding steroid dienone is 1. The Morgan fingerprint density at radius 1 is 1.37 bits per heavy atom. The highest BCUT2D eigenvalue weighted by atomic mass is 16.6. The predicted octanol–water partition coefficient (Wildman–Crippen LogP) is 0.786. The summed E-state index contributed by atoms with van der Waals surface area (Å²) in [6.07, 6.45) is 2.24. The van der Waals surface area contributed by atoms with E-state index in [9.17, 15) is 14.4 Å². The summed E-state index contributed by atoms with van der Waals surface area (Å²) in [6.45, 7) is 5.04. The van der Waals surface area contributed by atoms with Gasteiger partial charge in [-0.2, -0.15) is 0 Å². The molecule has 7 heteroatoms. The van der Waals surface area contributed by atoms with Gasteiger partial charge >= 0.3 is 12.1 Å². The summed E-state index contributed by atoms with van der Waals surface area (Å²) in [5, 5.41) is 11.2. The number of nitrogens with one attached hydrogen (secondary N) is 1. The van der Waals surface area contributed by atoms with Gasteiger partial charge in [0, 0.05) is 0 Å². The van der Waals surface area contributed by atoms with E-state index in [1.54, 1.807) is 20.8 Å². The molecule has 0 aliphatic rings. The molecule has 0 saturated heterocycles. The molecular weight excluding hydrogens is 252 g/mol. The molecule has 19 heavy (non-hydrogen) atoms. The number of carboxylic acids is 1. The molecule has 7 nitrogen and oxygen atoms in total. The molecule has 0 aromatic carbocycles.